The van der Waals surface area contributed by atoms with E-state index in [0.29, 0.717) is 26.1 Å². The van der Waals surface area contributed by atoms with E-state index in [-0.39, 0.29) is 24.4 Å². The Bertz CT molecular complexity index is 1390. The lowest BCUT2D eigenvalue weighted by Crippen LogP contribution is -2.53. The van der Waals surface area contributed by atoms with Crippen LogP contribution in [0.1, 0.15) is 39.0 Å². The standard InChI is InChI=1S/C32H36N2O5S/c1-31-15-6-9-20-39-30(38)26(31)25-28(36)34(17-7-2-3-8-19-35)27-29(37)33(18-10-16-32(25,27)40-31)24-14-13-22-11-4-5-12-23(22)21-24/h4-6,10-16,21,25-27,35H,2-3,7-9,17-20H2,1H3/t25-,26+,27?,31-,32-/m0/s1. The SMILES string of the molecule is C[C@]12C=CCCOC(=O)[C@H]1[C@H]1C(=O)N(CCCCCCO)C3C(=O)N(c4ccc5ccccc5c4)CC=C[C@@]31S2. The number of unbranched alkanes of at least 4 members (excludes halogenated alkanes) is 3. The van der Waals surface area contributed by atoms with E-state index in [2.05, 4.69) is 6.08 Å². The van der Waals surface area contributed by atoms with Crippen molar-refractivity contribution in [3.63, 3.8) is 0 Å². The predicted octanol–water partition coefficient (Wildman–Crippen LogP) is 4.49. The molecule has 0 radical (unpaired) electrons. The number of likely N-dealkylation sites (tertiary alicyclic amines) is 1. The van der Waals surface area contributed by atoms with E-state index in [4.69, 9.17) is 4.74 Å². The predicted molar refractivity (Wildman–Crippen MR) is 157 cm³/mol. The lowest BCUT2D eigenvalue weighted by molar-refractivity contribution is -0.154. The van der Waals surface area contributed by atoms with Crippen LogP contribution in [0.5, 0.6) is 0 Å². The molecule has 4 aliphatic heterocycles. The number of thioether (sulfide) groups is 1. The number of anilines is 1. The molecule has 4 heterocycles. The summed E-state index contributed by atoms with van der Waals surface area (Å²) in [5.41, 5.74) is 0.795. The van der Waals surface area contributed by atoms with E-state index in [9.17, 15) is 19.5 Å². The number of hydrogen-bond donors (Lipinski definition) is 1. The van der Waals surface area contributed by atoms with E-state index in [1.807, 2.05) is 67.6 Å². The highest BCUT2D eigenvalue weighted by atomic mass is 32.2. The molecule has 1 spiro atoms. The molecule has 8 heteroatoms. The van der Waals surface area contributed by atoms with Crippen LogP contribution >= 0.6 is 11.8 Å². The maximum atomic E-state index is 14.6. The summed E-state index contributed by atoms with van der Waals surface area (Å²) in [6, 6.07) is 13.4. The summed E-state index contributed by atoms with van der Waals surface area (Å²) in [5, 5.41) is 11.3. The molecule has 2 amide bonds. The normalized spacial score (nSPS) is 31.4. The molecule has 1 unspecified atom stereocenters. The molecule has 40 heavy (non-hydrogen) atoms. The second-order valence-electron chi connectivity index (χ2n) is 11.4. The highest BCUT2D eigenvalue weighted by Gasteiger charge is 2.73. The number of rotatable bonds is 7. The molecular formula is C32H36N2O5S. The monoisotopic (exact) mass is 560 g/mol. The number of fused-ring (bicyclic) bond motifs is 3. The van der Waals surface area contributed by atoms with Crippen LogP contribution in [0.25, 0.3) is 10.8 Å². The number of amides is 2. The second-order valence-corrected chi connectivity index (χ2v) is 13.2. The maximum absolute atomic E-state index is 14.6. The number of aliphatic hydroxyl groups is 1. The fourth-order valence-electron chi connectivity index (χ4n) is 7.05. The van der Waals surface area contributed by atoms with Gasteiger partial charge in [-0.2, -0.15) is 0 Å². The van der Waals surface area contributed by atoms with Crippen LogP contribution in [0.15, 0.2) is 66.8 Å². The molecule has 210 valence electrons. The molecule has 6 rings (SSSR count). The third-order valence-corrected chi connectivity index (χ3v) is 10.7. The summed E-state index contributed by atoms with van der Waals surface area (Å²) >= 11 is 1.58. The lowest BCUT2D eigenvalue weighted by Gasteiger charge is -2.37. The van der Waals surface area contributed by atoms with Crippen molar-refractivity contribution in [2.75, 3.05) is 31.2 Å². The van der Waals surface area contributed by atoms with Crippen molar-refractivity contribution in [2.45, 2.75) is 54.6 Å². The quantitative estimate of drug-likeness (QED) is 0.305. The molecule has 0 aromatic heterocycles. The Kier molecular flexibility index (Phi) is 7.25. The van der Waals surface area contributed by atoms with Gasteiger partial charge in [-0.15, -0.1) is 11.8 Å². The molecule has 0 bridgehead atoms. The van der Waals surface area contributed by atoms with Crippen LogP contribution in [0.3, 0.4) is 0 Å². The molecule has 4 aliphatic rings. The Labute approximate surface area is 239 Å². The van der Waals surface area contributed by atoms with Crippen LogP contribution in [0.4, 0.5) is 5.69 Å². The fourth-order valence-corrected chi connectivity index (χ4v) is 9.20. The van der Waals surface area contributed by atoms with Crippen LogP contribution in [-0.4, -0.2) is 69.6 Å². The minimum Gasteiger partial charge on any atom is -0.465 e. The molecule has 0 saturated carbocycles. The zero-order valence-corrected chi connectivity index (χ0v) is 23.6. The van der Waals surface area contributed by atoms with Gasteiger partial charge in [-0.1, -0.05) is 67.5 Å². The van der Waals surface area contributed by atoms with Crippen LogP contribution in [0.2, 0.25) is 0 Å². The molecule has 1 N–H and O–H groups in total. The van der Waals surface area contributed by atoms with E-state index in [1.54, 1.807) is 21.6 Å². The third kappa shape index (κ3) is 4.36. The van der Waals surface area contributed by atoms with E-state index < -0.39 is 27.4 Å². The van der Waals surface area contributed by atoms with Gasteiger partial charge in [0.25, 0.3) is 5.91 Å². The first-order chi connectivity index (χ1) is 19.4. The van der Waals surface area contributed by atoms with Crippen molar-refractivity contribution in [3.05, 3.63) is 66.8 Å². The van der Waals surface area contributed by atoms with Gasteiger partial charge >= 0.3 is 5.97 Å². The summed E-state index contributed by atoms with van der Waals surface area (Å²) in [7, 11) is 0. The van der Waals surface area contributed by atoms with Gasteiger partial charge in [-0.05, 0) is 49.1 Å². The number of carbonyl (C=O) groups excluding carboxylic acids is 3. The van der Waals surface area contributed by atoms with Gasteiger partial charge in [0.2, 0.25) is 5.91 Å². The topological polar surface area (TPSA) is 87.1 Å². The fraction of sp³-hybridized carbons (Fsp3) is 0.469. The van der Waals surface area contributed by atoms with Gasteiger partial charge in [0.05, 0.1) is 23.2 Å². The molecule has 2 aromatic rings. The smallest absolute Gasteiger partial charge is 0.311 e. The van der Waals surface area contributed by atoms with Gasteiger partial charge in [0.1, 0.15) is 6.04 Å². The Morgan fingerprint density at radius 2 is 1.75 bits per heavy atom. The number of esters is 1. The number of ether oxygens (including phenoxy) is 1. The van der Waals surface area contributed by atoms with Crippen molar-refractivity contribution in [1.82, 2.24) is 4.90 Å². The molecule has 5 atom stereocenters. The minimum absolute atomic E-state index is 0.116. The minimum atomic E-state index is -0.877. The Morgan fingerprint density at radius 3 is 2.58 bits per heavy atom. The van der Waals surface area contributed by atoms with Crippen molar-refractivity contribution < 1.29 is 24.2 Å². The molecule has 0 aliphatic carbocycles. The number of aliphatic hydroxyl groups excluding tert-OH is 1. The summed E-state index contributed by atoms with van der Waals surface area (Å²) in [4.78, 5) is 45.9. The van der Waals surface area contributed by atoms with Crippen molar-refractivity contribution in [3.8, 4) is 0 Å². The summed E-state index contributed by atoms with van der Waals surface area (Å²) in [6.45, 7) is 3.28. The molecule has 2 fully saturated rings. The molecular weight excluding hydrogens is 524 g/mol. The maximum Gasteiger partial charge on any atom is 0.311 e. The second kappa shape index (κ2) is 10.7. The highest BCUT2D eigenvalue weighted by Crippen LogP contribution is 2.65. The van der Waals surface area contributed by atoms with Crippen molar-refractivity contribution in [1.29, 1.82) is 0 Å². The zero-order chi connectivity index (χ0) is 27.9. The summed E-state index contributed by atoms with van der Waals surface area (Å²) in [6.07, 6.45) is 11.9. The number of carbonyl (C=O) groups is 3. The van der Waals surface area contributed by atoms with E-state index >= 15 is 0 Å². The van der Waals surface area contributed by atoms with E-state index in [1.165, 1.54) is 0 Å². The third-order valence-electron chi connectivity index (χ3n) is 8.87. The number of nitrogens with zero attached hydrogens (tertiary/aromatic N) is 2. The highest BCUT2D eigenvalue weighted by molar-refractivity contribution is 8.02. The Hall–Kier alpha value is -3.10. The number of cyclic esters (lactones) is 1. The largest absolute Gasteiger partial charge is 0.465 e. The first-order valence-corrected chi connectivity index (χ1v) is 15.1. The van der Waals surface area contributed by atoms with Crippen molar-refractivity contribution >= 4 is 46.0 Å². The van der Waals surface area contributed by atoms with E-state index in [0.717, 1.165) is 42.1 Å². The summed E-state index contributed by atoms with van der Waals surface area (Å²) < 4.78 is 4.09. The van der Waals surface area contributed by atoms with Crippen LogP contribution in [-0.2, 0) is 19.1 Å². The Morgan fingerprint density at radius 1 is 0.950 bits per heavy atom. The van der Waals surface area contributed by atoms with Gasteiger partial charge in [0.15, 0.2) is 0 Å². The molecule has 2 aromatic carbocycles. The zero-order valence-electron chi connectivity index (χ0n) is 22.8. The summed E-state index contributed by atoms with van der Waals surface area (Å²) in [5.74, 6) is -1.97. The van der Waals surface area contributed by atoms with Gasteiger partial charge in [-0.3, -0.25) is 14.4 Å². The average molecular weight is 561 g/mol. The van der Waals surface area contributed by atoms with Crippen molar-refractivity contribution in [2.24, 2.45) is 11.8 Å². The van der Waals surface area contributed by atoms with Crippen LogP contribution < -0.4 is 4.90 Å². The Balaban J connectivity index is 1.41. The van der Waals surface area contributed by atoms with Gasteiger partial charge < -0.3 is 19.6 Å². The molecule has 7 nitrogen and oxygen atoms in total. The number of benzene rings is 2. The first kappa shape index (κ1) is 27.1. The molecule has 2 saturated heterocycles. The average Bonchev–Trinajstić information content (AvgIpc) is 3.26. The van der Waals surface area contributed by atoms with Gasteiger partial charge in [-0.25, -0.2) is 0 Å². The lowest BCUT2D eigenvalue weighted by atomic mass is 9.74. The van der Waals surface area contributed by atoms with Gasteiger partial charge in [0, 0.05) is 30.1 Å². The van der Waals surface area contributed by atoms with Crippen LogP contribution in [0, 0.1) is 11.8 Å². The first-order valence-electron chi connectivity index (χ1n) is 14.3. The number of hydrogen-bond acceptors (Lipinski definition) is 6.